The van der Waals surface area contributed by atoms with Crippen LogP contribution in [0.15, 0.2) is 24.3 Å². The molecule has 0 spiro atoms. The van der Waals surface area contributed by atoms with E-state index in [0.717, 1.165) is 49.1 Å². The van der Waals surface area contributed by atoms with Crippen LogP contribution < -0.4 is 5.32 Å². The molecule has 1 N–H and O–H groups in total. The highest BCUT2D eigenvalue weighted by atomic mass is 16.2. The monoisotopic (exact) mass is 386 g/mol. The van der Waals surface area contributed by atoms with Crippen LogP contribution in [0.2, 0.25) is 0 Å². The number of unbranched alkanes of at least 4 members (excludes halogenated alkanes) is 1. The van der Waals surface area contributed by atoms with Crippen LogP contribution in [0.3, 0.4) is 0 Å². The number of nitrogens with zero attached hydrogens (tertiary/aromatic N) is 3. The summed E-state index contributed by atoms with van der Waals surface area (Å²) in [7, 11) is 1.85. The fraction of sp³-hybridized carbons (Fsp3) is 0.591. The second kappa shape index (κ2) is 10.8. The molecule has 0 aliphatic rings. The summed E-state index contributed by atoms with van der Waals surface area (Å²) in [6, 6.07) is 7.87. The van der Waals surface area contributed by atoms with Crippen molar-refractivity contribution >= 4 is 22.8 Å². The average Bonchev–Trinajstić information content (AvgIpc) is 3.04. The van der Waals surface area contributed by atoms with Gasteiger partial charge in [0.25, 0.3) is 0 Å². The van der Waals surface area contributed by atoms with Gasteiger partial charge in [0.2, 0.25) is 11.8 Å². The molecule has 0 saturated heterocycles. The molecule has 1 aromatic carbocycles. The van der Waals surface area contributed by atoms with Crippen LogP contribution in [0.1, 0.15) is 52.3 Å². The molecular weight excluding hydrogens is 352 g/mol. The van der Waals surface area contributed by atoms with Gasteiger partial charge in [0.05, 0.1) is 11.0 Å². The number of carbonyl (C=O) groups excluding carboxylic acids is 2. The molecule has 1 aromatic heterocycles. The number of imidazole rings is 1. The zero-order chi connectivity index (χ0) is 20.5. The molecule has 0 unspecified atom stereocenters. The Kier molecular flexibility index (Phi) is 8.48. The van der Waals surface area contributed by atoms with Gasteiger partial charge in [-0.3, -0.25) is 9.59 Å². The Morgan fingerprint density at radius 1 is 1.18 bits per heavy atom. The number of fused-ring (bicyclic) bond motifs is 1. The molecule has 0 atom stereocenters. The SMILES string of the molecule is CCCCN(C)C(=O)Cn1c(CCNC(=O)C(CC)CC)nc2ccccc21. The molecule has 154 valence electrons. The average molecular weight is 387 g/mol. The van der Waals surface area contributed by atoms with E-state index < -0.39 is 0 Å². The zero-order valence-electron chi connectivity index (χ0n) is 17.7. The summed E-state index contributed by atoms with van der Waals surface area (Å²) < 4.78 is 1.99. The maximum Gasteiger partial charge on any atom is 0.242 e. The Balaban J connectivity index is 2.11. The van der Waals surface area contributed by atoms with Crippen molar-refractivity contribution < 1.29 is 9.59 Å². The van der Waals surface area contributed by atoms with Gasteiger partial charge in [-0.1, -0.05) is 39.3 Å². The van der Waals surface area contributed by atoms with Crippen LogP contribution in [0.25, 0.3) is 11.0 Å². The number of likely N-dealkylation sites (N-methyl/N-ethyl adjacent to an activating group) is 1. The molecule has 1 heterocycles. The minimum absolute atomic E-state index is 0.0626. The van der Waals surface area contributed by atoms with Crippen molar-refractivity contribution in [2.75, 3.05) is 20.1 Å². The van der Waals surface area contributed by atoms with E-state index in [0.29, 0.717) is 13.0 Å². The van der Waals surface area contributed by atoms with Crippen molar-refractivity contribution in [1.29, 1.82) is 0 Å². The highest BCUT2D eigenvalue weighted by Crippen LogP contribution is 2.17. The summed E-state index contributed by atoms with van der Waals surface area (Å²) in [5.41, 5.74) is 1.84. The van der Waals surface area contributed by atoms with Gasteiger partial charge in [0.1, 0.15) is 12.4 Å². The Morgan fingerprint density at radius 3 is 2.57 bits per heavy atom. The first-order valence-corrected chi connectivity index (χ1v) is 10.5. The van der Waals surface area contributed by atoms with Gasteiger partial charge < -0.3 is 14.8 Å². The van der Waals surface area contributed by atoms with Crippen molar-refractivity contribution in [1.82, 2.24) is 19.8 Å². The van der Waals surface area contributed by atoms with Gasteiger partial charge in [-0.2, -0.15) is 0 Å². The van der Waals surface area contributed by atoms with Crippen LogP contribution >= 0.6 is 0 Å². The van der Waals surface area contributed by atoms with E-state index >= 15 is 0 Å². The molecule has 0 saturated carbocycles. The normalized spacial score (nSPS) is 11.2. The molecule has 2 aromatic rings. The lowest BCUT2D eigenvalue weighted by Crippen LogP contribution is -2.33. The Bertz CT molecular complexity index is 780. The van der Waals surface area contributed by atoms with Gasteiger partial charge in [0.15, 0.2) is 0 Å². The van der Waals surface area contributed by atoms with E-state index in [2.05, 4.69) is 12.2 Å². The molecule has 28 heavy (non-hydrogen) atoms. The first-order valence-electron chi connectivity index (χ1n) is 10.5. The van der Waals surface area contributed by atoms with Crippen LogP contribution in [0.4, 0.5) is 0 Å². The summed E-state index contributed by atoms with van der Waals surface area (Å²) in [6.07, 6.45) is 4.36. The largest absolute Gasteiger partial charge is 0.355 e. The molecule has 0 radical (unpaired) electrons. The lowest BCUT2D eigenvalue weighted by atomic mass is 10.0. The third-order valence-electron chi connectivity index (χ3n) is 5.30. The highest BCUT2D eigenvalue weighted by Gasteiger charge is 2.17. The number of hydrogen-bond donors (Lipinski definition) is 1. The van der Waals surface area contributed by atoms with E-state index in [1.165, 1.54) is 0 Å². The predicted octanol–water partition coefficient (Wildman–Crippen LogP) is 3.39. The molecule has 0 fully saturated rings. The number of para-hydroxylation sites is 2. The van der Waals surface area contributed by atoms with Crippen molar-refractivity contribution in [2.45, 2.75) is 59.4 Å². The van der Waals surface area contributed by atoms with Gasteiger partial charge in [-0.15, -0.1) is 0 Å². The molecular formula is C22H34N4O2. The van der Waals surface area contributed by atoms with E-state index in [1.807, 2.05) is 49.7 Å². The van der Waals surface area contributed by atoms with Crippen LogP contribution in [-0.2, 0) is 22.6 Å². The molecule has 6 heteroatoms. The maximum absolute atomic E-state index is 12.7. The first-order chi connectivity index (χ1) is 13.5. The number of hydrogen-bond acceptors (Lipinski definition) is 3. The van der Waals surface area contributed by atoms with Crippen molar-refractivity contribution in [3.63, 3.8) is 0 Å². The van der Waals surface area contributed by atoms with E-state index in [9.17, 15) is 9.59 Å². The van der Waals surface area contributed by atoms with Crippen molar-refractivity contribution in [2.24, 2.45) is 5.92 Å². The fourth-order valence-electron chi connectivity index (χ4n) is 3.37. The standard InChI is InChI=1S/C22H34N4O2/c1-5-8-15-25(4)21(27)16-26-19-12-10-9-11-18(19)24-20(26)13-14-23-22(28)17(6-2)7-3/h9-12,17H,5-8,13-16H2,1-4H3,(H,23,28). The quantitative estimate of drug-likeness (QED) is 0.644. The topological polar surface area (TPSA) is 67.2 Å². The fourth-order valence-corrected chi connectivity index (χ4v) is 3.37. The minimum atomic E-state index is 0.0626. The van der Waals surface area contributed by atoms with Crippen LogP contribution in [0.5, 0.6) is 0 Å². The molecule has 0 aliphatic heterocycles. The van der Waals surface area contributed by atoms with Crippen LogP contribution in [-0.4, -0.2) is 46.4 Å². The second-order valence-electron chi connectivity index (χ2n) is 7.33. The number of nitrogens with one attached hydrogen (secondary N) is 1. The lowest BCUT2D eigenvalue weighted by Gasteiger charge is -2.18. The second-order valence-corrected chi connectivity index (χ2v) is 7.33. The zero-order valence-corrected chi connectivity index (χ0v) is 17.7. The Labute approximate surface area is 168 Å². The smallest absolute Gasteiger partial charge is 0.242 e. The molecule has 2 amide bonds. The Hall–Kier alpha value is -2.37. The van der Waals surface area contributed by atoms with Gasteiger partial charge in [-0.25, -0.2) is 4.98 Å². The van der Waals surface area contributed by atoms with Crippen molar-refractivity contribution in [3.05, 3.63) is 30.1 Å². The maximum atomic E-state index is 12.7. The third kappa shape index (κ3) is 5.57. The number of rotatable bonds is 11. The first kappa shape index (κ1) is 21.9. The predicted molar refractivity (Wildman–Crippen MR) is 113 cm³/mol. The summed E-state index contributed by atoms with van der Waals surface area (Å²) >= 11 is 0. The van der Waals surface area contributed by atoms with Gasteiger partial charge >= 0.3 is 0 Å². The summed E-state index contributed by atoms with van der Waals surface area (Å²) in [6.45, 7) is 7.76. The van der Waals surface area contributed by atoms with E-state index in [-0.39, 0.29) is 24.3 Å². The van der Waals surface area contributed by atoms with E-state index in [4.69, 9.17) is 4.98 Å². The number of aromatic nitrogens is 2. The van der Waals surface area contributed by atoms with E-state index in [1.54, 1.807) is 4.90 Å². The van der Waals surface area contributed by atoms with Gasteiger partial charge in [0, 0.05) is 32.5 Å². The number of benzene rings is 1. The summed E-state index contributed by atoms with van der Waals surface area (Å²) in [4.78, 5) is 31.4. The highest BCUT2D eigenvalue weighted by molar-refractivity contribution is 5.81. The Morgan fingerprint density at radius 2 is 1.89 bits per heavy atom. The van der Waals surface area contributed by atoms with Gasteiger partial charge in [-0.05, 0) is 31.4 Å². The van der Waals surface area contributed by atoms with Crippen molar-refractivity contribution in [3.8, 4) is 0 Å². The summed E-state index contributed by atoms with van der Waals surface area (Å²) in [5, 5.41) is 3.02. The lowest BCUT2D eigenvalue weighted by molar-refractivity contribution is -0.130. The molecule has 0 aliphatic carbocycles. The molecule has 6 nitrogen and oxygen atoms in total. The minimum Gasteiger partial charge on any atom is -0.355 e. The molecule has 0 bridgehead atoms. The third-order valence-corrected chi connectivity index (χ3v) is 5.30. The summed E-state index contributed by atoms with van der Waals surface area (Å²) in [5.74, 6) is 1.08. The van der Waals surface area contributed by atoms with Crippen LogP contribution in [0, 0.1) is 5.92 Å². The number of amides is 2. The number of carbonyl (C=O) groups is 2. The molecule has 2 rings (SSSR count).